The fourth-order valence-electron chi connectivity index (χ4n) is 0.941. The minimum absolute atomic E-state index is 0.303. The van der Waals surface area contributed by atoms with E-state index in [2.05, 4.69) is 16.3 Å². The van der Waals surface area contributed by atoms with Gasteiger partial charge in [0.25, 0.3) is 0 Å². The summed E-state index contributed by atoms with van der Waals surface area (Å²) in [6.45, 7) is 5.55. The van der Waals surface area contributed by atoms with Crippen molar-refractivity contribution < 1.29 is 4.43 Å². The lowest BCUT2D eigenvalue weighted by molar-refractivity contribution is 0.320. The molecule has 0 radical (unpaired) electrons. The standard InChI is InChI=1S/C7H14N2O3Si/c1-3-5-6-7-13(8-10,9-11)12-4-2/h3H,1,4-7H2,2H3. The van der Waals surface area contributed by atoms with Gasteiger partial charge >= 0.3 is 8.64 Å². The fraction of sp³-hybridized carbons (Fsp3) is 0.714. The zero-order chi connectivity index (χ0) is 10.2. The summed E-state index contributed by atoms with van der Waals surface area (Å²) in [6, 6.07) is 0.347. The Morgan fingerprint density at radius 1 is 1.46 bits per heavy atom. The highest BCUT2D eigenvalue weighted by atomic mass is 28.4. The molecule has 13 heavy (non-hydrogen) atoms. The smallest absolute Gasteiger partial charge is 0.378 e. The van der Waals surface area contributed by atoms with Gasteiger partial charge in [0.2, 0.25) is 0 Å². The Morgan fingerprint density at radius 3 is 2.46 bits per heavy atom. The average molecular weight is 202 g/mol. The lowest BCUT2D eigenvalue weighted by Crippen LogP contribution is -2.33. The van der Waals surface area contributed by atoms with Gasteiger partial charge in [-0.3, -0.25) is 0 Å². The van der Waals surface area contributed by atoms with Crippen molar-refractivity contribution in [1.82, 2.24) is 0 Å². The number of rotatable bonds is 8. The van der Waals surface area contributed by atoms with Crippen LogP contribution in [0.2, 0.25) is 6.04 Å². The number of unbranched alkanes of at least 4 members (excludes halogenated alkanes) is 1. The Labute approximate surface area is 78.4 Å². The van der Waals surface area contributed by atoms with Crippen LogP contribution in [0.5, 0.6) is 0 Å². The van der Waals surface area contributed by atoms with Crippen molar-refractivity contribution in [3.8, 4) is 0 Å². The van der Waals surface area contributed by atoms with Crippen molar-refractivity contribution in [2.24, 2.45) is 9.68 Å². The first kappa shape index (κ1) is 12.1. The third kappa shape index (κ3) is 4.04. The molecule has 0 aromatic rings. The van der Waals surface area contributed by atoms with Crippen LogP contribution in [0.25, 0.3) is 0 Å². The Kier molecular flexibility index (Phi) is 6.16. The van der Waals surface area contributed by atoms with E-state index in [1.165, 1.54) is 0 Å². The summed E-state index contributed by atoms with van der Waals surface area (Å²) in [4.78, 5) is 26.3. The van der Waals surface area contributed by atoms with Crippen molar-refractivity contribution in [2.75, 3.05) is 6.61 Å². The Bertz CT molecular complexity index is 179. The topological polar surface area (TPSA) is 68.1 Å². The Balaban J connectivity index is 4.11. The Morgan fingerprint density at radius 2 is 2.08 bits per heavy atom. The first-order valence-corrected chi connectivity index (χ1v) is 6.19. The monoisotopic (exact) mass is 202 g/mol. The number of allylic oxidation sites excluding steroid dienone is 1. The normalized spacial score (nSPS) is 10.8. The van der Waals surface area contributed by atoms with Crippen LogP contribution < -0.4 is 0 Å². The third-order valence-corrected chi connectivity index (χ3v) is 3.90. The van der Waals surface area contributed by atoms with E-state index in [9.17, 15) is 9.81 Å². The molecule has 0 aromatic heterocycles. The van der Waals surface area contributed by atoms with E-state index in [4.69, 9.17) is 4.43 Å². The van der Waals surface area contributed by atoms with Crippen LogP contribution in [0.4, 0.5) is 0 Å². The van der Waals surface area contributed by atoms with Crippen LogP contribution >= 0.6 is 0 Å². The molecule has 0 aromatic carbocycles. The maximum absolute atomic E-state index is 10.4. The highest BCUT2D eigenvalue weighted by Gasteiger charge is 2.41. The average Bonchev–Trinajstić information content (AvgIpc) is 2.17. The van der Waals surface area contributed by atoms with Crippen LogP contribution in [0.15, 0.2) is 22.3 Å². The maximum atomic E-state index is 10.4. The summed E-state index contributed by atoms with van der Waals surface area (Å²) in [5.74, 6) is 0. The van der Waals surface area contributed by atoms with Gasteiger partial charge in [-0.05, 0) is 19.8 Å². The van der Waals surface area contributed by atoms with Crippen molar-refractivity contribution in [3.63, 3.8) is 0 Å². The Hall–Kier alpha value is -0.883. The van der Waals surface area contributed by atoms with Crippen LogP contribution in [0.1, 0.15) is 19.8 Å². The molecule has 0 spiro atoms. The van der Waals surface area contributed by atoms with Crippen LogP contribution in [0, 0.1) is 9.81 Å². The minimum atomic E-state index is -3.19. The van der Waals surface area contributed by atoms with Crippen molar-refractivity contribution in [1.29, 1.82) is 0 Å². The van der Waals surface area contributed by atoms with Gasteiger partial charge in [-0.25, -0.2) is 0 Å². The van der Waals surface area contributed by atoms with Gasteiger partial charge in [-0.15, -0.1) is 6.58 Å². The van der Waals surface area contributed by atoms with Gasteiger partial charge in [0.15, 0.2) is 0 Å². The predicted molar refractivity (Wildman–Crippen MR) is 53.2 cm³/mol. The van der Waals surface area contributed by atoms with Gasteiger partial charge in [-0.1, -0.05) is 15.8 Å². The molecule has 0 fully saturated rings. The molecule has 5 nitrogen and oxygen atoms in total. The number of hydrogen-bond donors (Lipinski definition) is 0. The van der Waals surface area contributed by atoms with Crippen molar-refractivity contribution >= 4 is 8.64 Å². The third-order valence-electron chi connectivity index (χ3n) is 1.57. The molecule has 0 atom stereocenters. The molecule has 0 saturated carbocycles. The molecular weight excluding hydrogens is 188 g/mol. The highest BCUT2D eigenvalue weighted by Crippen LogP contribution is 2.18. The molecule has 0 aliphatic rings. The van der Waals surface area contributed by atoms with E-state index in [1.54, 1.807) is 13.0 Å². The molecule has 0 aliphatic heterocycles. The van der Waals surface area contributed by atoms with Crippen LogP contribution in [-0.2, 0) is 4.43 Å². The summed E-state index contributed by atoms with van der Waals surface area (Å²) >= 11 is 0. The molecule has 74 valence electrons. The SMILES string of the molecule is C=CCCC[Si](N=O)(N=O)OCC. The lowest BCUT2D eigenvalue weighted by atomic mass is 10.3. The maximum Gasteiger partial charge on any atom is 0.542 e. The largest absolute Gasteiger partial charge is 0.542 e. The summed E-state index contributed by atoms with van der Waals surface area (Å²) in [5.41, 5.74) is 0. The number of hydrogen-bond acceptors (Lipinski definition) is 5. The quantitative estimate of drug-likeness (QED) is 0.263. The number of nitrogens with zero attached hydrogens (tertiary/aromatic N) is 2. The molecule has 0 unspecified atom stereocenters. The molecule has 0 rings (SSSR count). The molecule has 0 amide bonds. The molecule has 0 aliphatic carbocycles. The van der Waals surface area contributed by atoms with Gasteiger partial charge in [0.1, 0.15) is 0 Å². The van der Waals surface area contributed by atoms with Gasteiger partial charge in [0.05, 0.1) is 0 Å². The van der Waals surface area contributed by atoms with E-state index in [0.717, 1.165) is 6.42 Å². The zero-order valence-electron chi connectivity index (χ0n) is 7.73. The molecule has 0 saturated heterocycles. The van der Waals surface area contributed by atoms with E-state index in [-0.39, 0.29) is 0 Å². The van der Waals surface area contributed by atoms with Crippen molar-refractivity contribution in [2.45, 2.75) is 25.8 Å². The summed E-state index contributed by atoms with van der Waals surface area (Å²) < 4.78 is 5.02. The minimum Gasteiger partial charge on any atom is -0.378 e. The molecule has 6 heteroatoms. The molecule has 0 N–H and O–H groups in total. The van der Waals surface area contributed by atoms with Crippen LogP contribution in [-0.4, -0.2) is 15.2 Å². The lowest BCUT2D eigenvalue weighted by Gasteiger charge is -2.12. The summed E-state index contributed by atoms with van der Waals surface area (Å²) in [6.07, 6.45) is 3.14. The van der Waals surface area contributed by atoms with E-state index in [1.807, 2.05) is 0 Å². The van der Waals surface area contributed by atoms with Gasteiger partial charge in [0, 0.05) is 12.7 Å². The molecule has 0 bridgehead atoms. The van der Waals surface area contributed by atoms with Crippen molar-refractivity contribution in [3.05, 3.63) is 22.5 Å². The van der Waals surface area contributed by atoms with E-state index < -0.39 is 8.64 Å². The van der Waals surface area contributed by atoms with Gasteiger partial charge in [-0.2, -0.15) is 9.81 Å². The zero-order valence-corrected chi connectivity index (χ0v) is 8.73. The van der Waals surface area contributed by atoms with Gasteiger partial charge < -0.3 is 4.43 Å². The molecule has 0 heterocycles. The van der Waals surface area contributed by atoms with E-state index >= 15 is 0 Å². The second-order valence-electron chi connectivity index (χ2n) is 2.54. The first-order chi connectivity index (χ1) is 6.24. The summed E-state index contributed by atoms with van der Waals surface area (Å²) in [5, 5.41) is 0. The first-order valence-electron chi connectivity index (χ1n) is 4.18. The second kappa shape index (κ2) is 6.61. The number of nitroso groups, excluding NO2 is 2. The fourth-order valence-corrected chi connectivity index (χ4v) is 2.53. The van der Waals surface area contributed by atoms with E-state index in [0.29, 0.717) is 19.1 Å². The second-order valence-corrected chi connectivity index (χ2v) is 5.18. The molecular formula is C7H14N2O3Si. The predicted octanol–water partition coefficient (Wildman–Crippen LogP) is 2.46. The highest BCUT2D eigenvalue weighted by molar-refractivity contribution is 6.70. The van der Waals surface area contributed by atoms with Crippen LogP contribution in [0.3, 0.4) is 0 Å². The summed E-state index contributed by atoms with van der Waals surface area (Å²) in [7, 11) is -3.19.